The zero-order chi connectivity index (χ0) is 14.9. The molecule has 9 heteroatoms. The van der Waals surface area contributed by atoms with Crippen molar-refractivity contribution >= 4 is 18.1 Å². The molecule has 9 nitrogen and oxygen atoms in total. The number of amides is 6. The largest absolute Gasteiger partial charge is 0.341 e. The van der Waals surface area contributed by atoms with Gasteiger partial charge in [-0.3, -0.25) is 16.0 Å². The predicted octanol–water partition coefficient (Wildman–Crippen LogP) is -0.773. The fourth-order valence-electron chi connectivity index (χ4n) is 1.43. The maximum Gasteiger partial charge on any atom is 0.317 e. The van der Waals surface area contributed by atoms with Crippen molar-refractivity contribution in [2.75, 3.05) is 21.1 Å². The van der Waals surface area contributed by atoms with Crippen LogP contribution < -0.4 is 31.9 Å². The molecule has 0 bridgehead atoms. The van der Waals surface area contributed by atoms with Crippen LogP contribution in [0.25, 0.3) is 0 Å². The molecule has 19 heavy (non-hydrogen) atoms. The van der Waals surface area contributed by atoms with Gasteiger partial charge < -0.3 is 16.0 Å². The standard InChI is InChI=1S/C10H22N6O3/c1-5-6-10(14-7(17)11-2,15-8(18)12-3)16-9(19)13-4/h5-6H2,1-4H3,(H2,11,14,17)(H2,12,15,18)(H2,13,16,19). The average Bonchev–Trinajstić information content (AvgIpc) is 2.38. The Labute approximate surface area is 112 Å². The van der Waals surface area contributed by atoms with Crippen molar-refractivity contribution < 1.29 is 14.4 Å². The minimum absolute atomic E-state index is 0.321. The molecule has 0 aliphatic carbocycles. The molecule has 0 spiro atoms. The lowest BCUT2D eigenvalue weighted by molar-refractivity contribution is 0.171. The normalized spacial score (nSPS) is 10.1. The minimum atomic E-state index is -1.37. The third kappa shape index (κ3) is 5.80. The van der Waals surface area contributed by atoms with E-state index in [2.05, 4.69) is 31.9 Å². The Kier molecular flexibility index (Phi) is 7.08. The van der Waals surface area contributed by atoms with Crippen LogP contribution in [0, 0.1) is 0 Å². The lowest BCUT2D eigenvalue weighted by atomic mass is 10.2. The van der Waals surface area contributed by atoms with Crippen molar-refractivity contribution in [1.82, 2.24) is 31.9 Å². The number of nitrogens with one attached hydrogen (secondary N) is 6. The quantitative estimate of drug-likeness (QED) is 0.369. The summed E-state index contributed by atoms with van der Waals surface area (Å²) in [6.45, 7) is 1.86. The lowest BCUT2D eigenvalue weighted by Gasteiger charge is -2.35. The van der Waals surface area contributed by atoms with E-state index in [9.17, 15) is 14.4 Å². The van der Waals surface area contributed by atoms with E-state index in [1.54, 1.807) is 0 Å². The van der Waals surface area contributed by atoms with Crippen LogP contribution in [0.15, 0.2) is 0 Å². The molecule has 0 saturated carbocycles. The molecule has 0 aliphatic rings. The Morgan fingerprint density at radius 2 is 1.11 bits per heavy atom. The topological polar surface area (TPSA) is 123 Å². The van der Waals surface area contributed by atoms with Crippen LogP contribution in [0.4, 0.5) is 14.4 Å². The van der Waals surface area contributed by atoms with Crippen LogP contribution in [0.5, 0.6) is 0 Å². The minimum Gasteiger partial charge on any atom is -0.341 e. The second-order valence-corrected chi connectivity index (χ2v) is 3.77. The average molecular weight is 274 g/mol. The molecule has 0 fully saturated rings. The second-order valence-electron chi connectivity index (χ2n) is 3.77. The predicted molar refractivity (Wildman–Crippen MR) is 70.4 cm³/mol. The van der Waals surface area contributed by atoms with Crippen molar-refractivity contribution in [2.45, 2.75) is 25.6 Å². The molecule has 110 valence electrons. The molecule has 0 aromatic heterocycles. The number of urea groups is 3. The summed E-state index contributed by atoms with van der Waals surface area (Å²) in [5, 5.41) is 14.7. The second kappa shape index (κ2) is 8.01. The van der Waals surface area contributed by atoms with Crippen LogP contribution in [0.1, 0.15) is 19.8 Å². The molecule has 0 heterocycles. The van der Waals surface area contributed by atoms with Gasteiger partial charge in [-0.05, 0) is 0 Å². The molecule has 0 radical (unpaired) electrons. The van der Waals surface area contributed by atoms with Crippen molar-refractivity contribution in [3.8, 4) is 0 Å². The Bertz CT molecular complexity index is 288. The summed E-state index contributed by atoms with van der Waals surface area (Å²) < 4.78 is 0. The molecule has 0 rings (SSSR count). The van der Waals surface area contributed by atoms with Crippen molar-refractivity contribution in [3.63, 3.8) is 0 Å². The lowest BCUT2D eigenvalue weighted by Crippen LogP contribution is -2.72. The zero-order valence-corrected chi connectivity index (χ0v) is 11.6. The summed E-state index contributed by atoms with van der Waals surface area (Å²) >= 11 is 0. The molecule has 0 aromatic carbocycles. The first kappa shape index (κ1) is 16.8. The van der Waals surface area contributed by atoms with Gasteiger partial charge in [0.1, 0.15) is 0 Å². The first-order chi connectivity index (χ1) is 8.92. The molecule has 0 atom stereocenters. The van der Waals surface area contributed by atoms with Gasteiger partial charge in [-0.1, -0.05) is 13.3 Å². The fraction of sp³-hybridized carbons (Fsp3) is 0.700. The molecule has 0 aliphatic heterocycles. The van der Waals surface area contributed by atoms with Gasteiger partial charge in [0, 0.05) is 27.6 Å². The van der Waals surface area contributed by atoms with E-state index in [4.69, 9.17) is 0 Å². The van der Waals surface area contributed by atoms with Gasteiger partial charge in [-0.15, -0.1) is 0 Å². The highest BCUT2D eigenvalue weighted by molar-refractivity contribution is 5.81. The summed E-state index contributed by atoms with van der Waals surface area (Å²) in [5.41, 5.74) is 0. The summed E-state index contributed by atoms with van der Waals surface area (Å²) in [7, 11) is 4.31. The van der Waals surface area contributed by atoms with Gasteiger partial charge in [0.2, 0.25) is 0 Å². The van der Waals surface area contributed by atoms with Crippen molar-refractivity contribution in [1.29, 1.82) is 0 Å². The van der Waals surface area contributed by atoms with E-state index in [-0.39, 0.29) is 0 Å². The number of hydrogen-bond donors (Lipinski definition) is 6. The molecule has 0 unspecified atom stereocenters. The summed E-state index contributed by atoms with van der Waals surface area (Å²) in [6.07, 6.45) is 0.944. The van der Waals surface area contributed by atoms with Gasteiger partial charge in [-0.2, -0.15) is 0 Å². The number of hydrogen-bond acceptors (Lipinski definition) is 3. The maximum absolute atomic E-state index is 11.5. The van der Waals surface area contributed by atoms with Crippen molar-refractivity contribution in [3.05, 3.63) is 0 Å². The first-order valence-electron chi connectivity index (χ1n) is 5.92. The smallest absolute Gasteiger partial charge is 0.317 e. The van der Waals surface area contributed by atoms with E-state index in [0.29, 0.717) is 12.8 Å². The van der Waals surface area contributed by atoms with Crippen molar-refractivity contribution in [2.24, 2.45) is 0 Å². The highest BCUT2D eigenvalue weighted by Gasteiger charge is 2.34. The van der Waals surface area contributed by atoms with Crippen LogP contribution >= 0.6 is 0 Å². The molecular weight excluding hydrogens is 252 g/mol. The summed E-state index contributed by atoms with van der Waals surface area (Å²) in [5.74, 6) is -1.37. The number of carbonyl (C=O) groups is 3. The van der Waals surface area contributed by atoms with E-state index in [0.717, 1.165) is 0 Å². The van der Waals surface area contributed by atoms with Gasteiger partial charge in [0.05, 0.1) is 0 Å². The van der Waals surface area contributed by atoms with Crippen LogP contribution in [0.3, 0.4) is 0 Å². The Morgan fingerprint density at radius 1 is 0.789 bits per heavy atom. The maximum atomic E-state index is 11.5. The Hall–Kier alpha value is -2.19. The fourth-order valence-corrected chi connectivity index (χ4v) is 1.43. The Morgan fingerprint density at radius 3 is 1.32 bits per heavy atom. The third-order valence-corrected chi connectivity index (χ3v) is 2.29. The van der Waals surface area contributed by atoms with Crippen LogP contribution in [-0.4, -0.2) is 45.0 Å². The van der Waals surface area contributed by atoms with Gasteiger partial charge >= 0.3 is 18.1 Å². The molecule has 0 aromatic rings. The molecule has 6 amide bonds. The van der Waals surface area contributed by atoms with Crippen LogP contribution in [0.2, 0.25) is 0 Å². The number of carbonyl (C=O) groups excluding carboxylic acids is 3. The van der Waals surface area contributed by atoms with Gasteiger partial charge in [-0.25, -0.2) is 14.4 Å². The van der Waals surface area contributed by atoms with Crippen LogP contribution in [-0.2, 0) is 0 Å². The number of rotatable bonds is 5. The van der Waals surface area contributed by atoms with Gasteiger partial charge in [0.25, 0.3) is 0 Å². The molecular formula is C10H22N6O3. The zero-order valence-electron chi connectivity index (χ0n) is 11.6. The van der Waals surface area contributed by atoms with E-state index >= 15 is 0 Å². The van der Waals surface area contributed by atoms with E-state index < -0.39 is 23.9 Å². The van der Waals surface area contributed by atoms with E-state index in [1.165, 1.54) is 21.1 Å². The van der Waals surface area contributed by atoms with E-state index in [1.807, 2.05) is 6.92 Å². The first-order valence-corrected chi connectivity index (χ1v) is 5.92. The SMILES string of the molecule is CCCC(NC(=O)NC)(NC(=O)NC)NC(=O)NC. The molecule has 0 saturated heterocycles. The summed E-state index contributed by atoms with van der Waals surface area (Å²) in [6, 6.07) is -1.58. The third-order valence-electron chi connectivity index (χ3n) is 2.29. The summed E-state index contributed by atoms with van der Waals surface area (Å²) in [4.78, 5) is 34.4. The molecule has 6 N–H and O–H groups in total. The van der Waals surface area contributed by atoms with Gasteiger partial charge in [0.15, 0.2) is 5.79 Å². The monoisotopic (exact) mass is 274 g/mol. The Balaban J connectivity index is 5.12. The highest BCUT2D eigenvalue weighted by atomic mass is 16.2. The highest BCUT2D eigenvalue weighted by Crippen LogP contribution is 2.06.